The van der Waals surface area contributed by atoms with Gasteiger partial charge in [0.1, 0.15) is 5.69 Å². The molecule has 3 rings (SSSR count). The number of thiophene rings is 1. The second-order valence-corrected chi connectivity index (χ2v) is 6.05. The molecule has 0 aromatic carbocycles. The van der Waals surface area contributed by atoms with Gasteiger partial charge in [0, 0.05) is 50.5 Å². The fourth-order valence-electron chi connectivity index (χ4n) is 2.60. The van der Waals surface area contributed by atoms with Gasteiger partial charge in [-0.25, -0.2) is 0 Å². The van der Waals surface area contributed by atoms with Crippen molar-refractivity contribution in [1.29, 1.82) is 0 Å². The number of rotatable bonds is 3. The second kappa shape index (κ2) is 6.78. The van der Waals surface area contributed by atoms with Crippen LogP contribution in [-0.2, 0) is 0 Å². The maximum Gasteiger partial charge on any atom is 0.269 e. The maximum absolute atomic E-state index is 12.3. The lowest BCUT2D eigenvalue weighted by Crippen LogP contribution is -2.48. The lowest BCUT2D eigenvalue weighted by molar-refractivity contribution is 0.0747. The van der Waals surface area contributed by atoms with Crippen molar-refractivity contribution in [2.75, 3.05) is 38.1 Å². The van der Waals surface area contributed by atoms with Gasteiger partial charge in [0.25, 0.3) is 11.8 Å². The summed E-state index contributed by atoms with van der Waals surface area (Å²) in [5.74, 6) is -0.107. The van der Waals surface area contributed by atoms with Crippen molar-refractivity contribution in [3.05, 3.63) is 46.4 Å². The monoisotopic (exact) mass is 330 g/mol. The molecule has 3 heterocycles. The predicted octanol–water partition coefficient (Wildman–Crippen LogP) is 1.47. The number of carbonyl (C=O) groups is 2. The van der Waals surface area contributed by atoms with Crippen LogP contribution in [0.15, 0.2) is 35.2 Å². The number of hydrogen-bond acceptors (Lipinski definition) is 5. The van der Waals surface area contributed by atoms with Gasteiger partial charge in [-0.05, 0) is 23.6 Å². The predicted molar refractivity (Wildman–Crippen MR) is 90.1 cm³/mol. The molecule has 2 aromatic heterocycles. The van der Waals surface area contributed by atoms with Gasteiger partial charge in [-0.1, -0.05) is 0 Å². The molecule has 0 spiro atoms. The van der Waals surface area contributed by atoms with Gasteiger partial charge in [0.05, 0.1) is 5.56 Å². The van der Waals surface area contributed by atoms with E-state index in [0.717, 1.165) is 24.3 Å². The van der Waals surface area contributed by atoms with Gasteiger partial charge in [-0.15, -0.1) is 0 Å². The Labute approximate surface area is 138 Å². The van der Waals surface area contributed by atoms with Crippen molar-refractivity contribution < 1.29 is 9.59 Å². The first-order valence-corrected chi connectivity index (χ1v) is 8.38. The smallest absolute Gasteiger partial charge is 0.269 e. The van der Waals surface area contributed by atoms with Crippen molar-refractivity contribution in [3.8, 4) is 0 Å². The van der Waals surface area contributed by atoms with Crippen LogP contribution in [0.2, 0.25) is 0 Å². The lowest BCUT2D eigenvalue weighted by Gasteiger charge is -2.36. The Kier molecular flexibility index (Phi) is 4.57. The summed E-state index contributed by atoms with van der Waals surface area (Å²) < 4.78 is 0. The summed E-state index contributed by atoms with van der Waals surface area (Å²) in [4.78, 5) is 32.1. The summed E-state index contributed by atoms with van der Waals surface area (Å²) in [5.41, 5.74) is 2.12. The lowest BCUT2D eigenvalue weighted by atomic mass is 10.2. The summed E-state index contributed by atoms with van der Waals surface area (Å²) in [7, 11) is 1.59. The first-order chi connectivity index (χ1) is 11.2. The fourth-order valence-corrected chi connectivity index (χ4v) is 3.23. The molecular weight excluding hydrogens is 312 g/mol. The summed E-state index contributed by atoms with van der Waals surface area (Å²) in [6, 6.07) is 5.54. The highest BCUT2D eigenvalue weighted by Gasteiger charge is 2.23. The molecule has 0 saturated carbocycles. The summed E-state index contributed by atoms with van der Waals surface area (Å²) in [6.45, 7) is 2.83. The molecule has 0 aliphatic carbocycles. The molecule has 1 fully saturated rings. The van der Waals surface area contributed by atoms with Crippen LogP contribution in [0.3, 0.4) is 0 Å². The van der Waals surface area contributed by atoms with Crippen molar-refractivity contribution in [2.24, 2.45) is 0 Å². The maximum atomic E-state index is 12.3. The highest BCUT2D eigenvalue weighted by Crippen LogP contribution is 2.18. The summed E-state index contributed by atoms with van der Waals surface area (Å²) in [6.07, 6.45) is 1.64. The van der Waals surface area contributed by atoms with Crippen LogP contribution in [-0.4, -0.2) is 54.9 Å². The zero-order valence-electron chi connectivity index (χ0n) is 12.9. The van der Waals surface area contributed by atoms with Gasteiger partial charge in [0.15, 0.2) is 0 Å². The highest BCUT2D eigenvalue weighted by atomic mass is 32.1. The minimum Gasteiger partial charge on any atom is -0.368 e. The Morgan fingerprint density at radius 3 is 2.65 bits per heavy atom. The average Bonchev–Trinajstić information content (AvgIpc) is 3.15. The number of nitrogens with one attached hydrogen (secondary N) is 1. The third-order valence-corrected chi connectivity index (χ3v) is 4.59. The first-order valence-electron chi connectivity index (χ1n) is 7.43. The molecule has 1 aliphatic heterocycles. The van der Waals surface area contributed by atoms with Crippen molar-refractivity contribution in [3.63, 3.8) is 0 Å². The third kappa shape index (κ3) is 3.34. The van der Waals surface area contributed by atoms with E-state index >= 15 is 0 Å². The molecule has 0 bridgehead atoms. The van der Waals surface area contributed by atoms with Crippen LogP contribution in [0.25, 0.3) is 0 Å². The molecular formula is C16H18N4O2S. The molecule has 0 unspecified atom stereocenters. The van der Waals surface area contributed by atoms with Gasteiger partial charge in [-0.3, -0.25) is 14.6 Å². The SMILES string of the molecule is CNC(=O)c1cc(N2CCN(C(=O)c3ccsc3)CC2)ccn1. The van der Waals surface area contributed by atoms with E-state index < -0.39 is 0 Å². The zero-order chi connectivity index (χ0) is 16.2. The first kappa shape index (κ1) is 15.5. The number of anilines is 1. The Morgan fingerprint density at radius 1 is 1.22 bits per heavy atom. The molecule has 23 heavy (non-hydrogen) atoms. The van der Waals surface area contributed by atoms with Crippen LogP contribution in [0.4, 0.5) is 5.69 Å². The average molecular weight is 330 g/mol. The fraction of sp³-hybridized carbons (Fsp3) is 0.312. The van der Waals surface area contributed by atoms with E-state index in [2.05, 4.69) is 15.2 Å². The number of pyridine rings is 1. The van der Waals surface area contributed by atoms with E-state index in [1.54, 1.807) is 19.3 Å². The summed E-state index contributed by atoms with van der Waals surface area (Å²) >= 11 is 1.53. The van der Waals surface area contributed by atoms with Crippen LogP contribution in [0.1, 0.15) is 20.8 Å². The highest BCUT2D eigenvalue weighted by molar-refractivity contribution is 7.08. The van der Waals surface area contributed by atoms with Gasteiger partial charge in [0.2, 0.25) is 0 Å². The Balaban J connectivity index is 1.65. The normalized spacial score (nSPS) is 14.7. The van der Waals surface area contributed by atoms with E-state index in [4.69, 9.17) is 0 Å². The Bertz CT molecular complexity index is 694. The van der Waals surface area contributed by atoms with Gasteiger partial charge in [-0.2, -0.15) is 11.3 Å². The molecule has 7 heteroatoms. The number of aromatic nitrogens is 1. The van der Waals surface area contributed by atoms with Crippen molar-refractivity contribution in [1.82, 2.24) is 15.2 Å². The number of nitrogens with zero attached hydrogens (tertiary/aromatic N) is 3. The van der Waals surface area contributed by atoms with Crippen LogP contribution in [0.5, 0.6) is 0 Å². The number of hydrogen-bond donors (Lipinski definition) is 1. The molecule has 0 radical (unpaired) electrons. The number of piperazine rings is 1. The number of carbonyl (C=O) groups excluding carboxylic acids is 2. The minimum absolute atomic E-state index is 0.0895. The topological polar surface area (TPSA) is 65.5 Å². The van der Waals surface area contributed by atoms with Gasteiger partial charge < -0.3 is 15.1 Å². The summed E-state index contributed by atoms with van der Waals surface area (Å²) in [5, 5.41) is 6.38. The molecule has 2 amide bonds. The molecule has 6 nitrogen and oxygen atoms in total. The molecule has 0 atom stereocenters. The standard InChI is InChI=1S/C16H18N4O2S/c1-17-15(21)14-10-13(2-4-18-14)19-5-7-20(8-6-19)16(22)12-3-9-23-11-12/h2-4,9-11H,5-8H2,1H3,(H,17,21). The largest absolute Gasteiger partial charge is 0.368 e. The van der Waals surface area contributed by atoms with Crippen molar-refractivity contribution >= 4 is 28.8 Å². The van der Waals surface area contributed by atoms with Crippen molar-refractivity contribution in [2.45, 2.75) is 0 Å². The molecule has 120 valence electrons. The molecule has 1 N–H and O–H groups in total. The van der Waals surface area contributed by atoms with E-state index in [9.17, 15) is 9.59 Å². The minimum atomic E-state index is -0.196. The van der Waals surface area contributed by atoms with Crippen LogP contribution in [0, 0.1) is 0 Å². The number of amides is 2. The van der Waals surface area contributed by atoms with E-state index in [-0.39, 0.29) is 11.8 Å². The quantitative estimate of drug-likeness (QED) is 0.925. The molecule has 1 aliphatic rings. The van der Waals surface area contributed by atoms with Gasteiger partial charge >= 0.3 is 0 Å². The second-order valence-electron chi connectivity index (χ2n) is 5.27. The Hall–Kier alpha value is -2.41. The third-order valence-electron chi connectivity index (χ3n) is 3.90. The van der Waals surface area contributed by atoms with E-state index in [1.165, 1.54) is 11.3 Å². The zero-order valence-corrected chi connectivity index (χ0v) is 13.7. The molecule has 1 saturated heterocycles. The van der Waals surface area contributed by atoms with Crippen LogP contribution >= 0.6 is 11.3 Å². The van der Waals surface area contributed by atoms with E-state index in [1.807, 2.05) is 27.8 Å². The molecule has 2 aromatic rings. The Morgan fingerprint density at radius 2 is 2.00 bits per heavy atom. The van der Waals surface area contributed by atoms with Crippen LogP contribution < -0.4 is 10.2 Å². The van der Waals surface area contributed by atoms with E-state index in [0.29, 0.717) is 18.8 Å².